The minimum atomic E-state index is -1.08. The highest BCUT2D eigenvalue weighted by atomic mass is 16.5. The van der Waals surface area contributed by atoms with Gasteiger partial charge < -0.3 is 20.3 Å². The maximum absolute atomic E-state index is 10.8. The number of rotatable bonds is 4. The van der Waals surface area contributed by atoms with Gasteiger partial charge in [0.05, 0.1) is 12.6 Å². The number of amides is 1. The maximum Gasteiger partial charge on any atom is 0.404 e. The number of aliphatic hydroxyl groups excluding tert-OH is 1. The Labute approximate surface area is 109 Å². The summed E-state index contributed by atoms with van der Waals surface area (Å²) in [5.74, 6) is 0.363. The molecule has 0 radical (unpaired) electrons. The van der Waals surface area contributed by atoms with Gasteiger partial charge in [0.1, 0.15) is 0 Å². The molecule has 0 spiro atoms. The van der Waals surface area contributed by atoms with Gasteiger partial charge in [-0.05, 0) is 30.1 Å². The average molecular weight is 259 g/mol. The fraction of sp³-hybridized carbons (Fsp3) is 0.923. The second-order valence-electron chi connectivity index (χ2n) is 6.11. The summed E-state index contributed by atoms with van der Waals surface area (Å²) in [5, 5.41) is 20.8. The summed E-state index contributed by atoms with van der Waals surface area (Å²) in [7, 11) is 0. The minimum absolute atomic E-state index is 0.0684. The van der Waals surface area contributed by atoms with Crippen LogP contribution >= 0.6 is 0 Å². The van der Waals surface area contributed by atoms with E-state index in [-0.39, 0.29) is 17.9 Å². The zero-order valence-electron chi connectivity index (χ0n) is 11.5. The fourth-order valence-corrected chi connectivity index (χ4v) is 3.10. The van der Waals surface area contributed by atoms with Crippen LogP contribution < -0.4 is 5.32 Å². The van der Waals surface area contributed by atoms with E-state index in [1.807, 2.05) is 0 Å². The molecular formula is C13H25NO4. The van der Waals surface area contributed by atoms with Crippen molar-refractivity contribution in [2.45, 2.75) is 39.7 Å². The van der Waals surface area contributed by atoms with Crippen molar-refractivity contribution in [2.24, 2.45) is 17.3 Å². The second-order valence-corrected chi connectivity index (χ2v) is 6.11. The SMILES string of the molecule is CC(C)(C)[C@@H](C(CO)NC(=O)O)[C@H]1CCCOC1. The van der Waals surface area contributed by atoms with Crippen molar-refractivity contribution in [3.05, 3.63) is 0 Å². The van der Waals surface area contributed by atoms with Crippen molar-refractivity contribution >= 4 is 6.09 Å². The summed E-state index contributed by atoms with van der Waals surface area (Å²) in [4.78, 5) is 10.8. The van der Waals surface area contributed by atoms with Gasteiger partial charge >= 0.3 is 6.09 Å². The molecule has 1 unspecified atom stereocenters. The van der Waals surface area contributed by atoms with Gasteiger partial charge in [0.15, 0.2) is 0 Å². The first kappa shape index (κ1) is 15.2. The van der Waals surface area contributed by atoms with Gasteiger partial charge in [0, 0.05) is 13.2 Å². The third-order valence-corrected chi connectivity index (χ3v) is 3.64. The Morgan fingerprint density at radius 2 is 2.17 bits per heavy atom. The monoisotopic (exact) mass is 259 g/mol. The van der Waals surface area contributed by atoms with Crippen LogP contribution in [0.2, 0.25) is 0 Å². The number of carbonyl (C=O) groups is 1. The van der Waals surface area contributed by atoms with Gasteiger partial charge in [-0.2, -0.15) is 0 Å². The van der Waals surface area contributed by atoms with E-state index in [0.29, 0.717) is 12.5 Å². The van der Waals surface area contributed by atoms with E-state index in [1.165, 1.54) is 0 Å². The van der Waals surface area contributed by atoms with Gasteiger partial charge in [-0.1, -0.05) is 20.8 Å². The van der Waals surface area contributed by atoms with Gasteiger partial charge in [-0.25, -0.2) is 4.79 Å². The Hall–Kier alpha value is -0.810. The zero-order chi connectivity index (χ0) is 13.8. The van der Waals surface area contributed by atoms with Crippen LogP contribution in [-0.4, -0.2) is 42.2 Å². The van der Waals surface area contributed by atoms with E-state index >= 15 is 0 Å². The Morgan fingerprint density at radius 1 is 1.50 bits per heavy atom. The molecule has 5 heteroatoms. The number of hydrogen-bond acceptors (Lipinski definition) is 3. The summed E-state index contributed by atoms with van der Waals surface area (Å²) in [6.45, 7) is 7.50. The molecule has 1 aliphatic rings. The molecule has 0 aliphatic carbocycles. The molecule has 1 fully saturated rings. The third kappa shape index (κ3) is 4.14. The number of carboxylic acid groups (broad SMARTS) is 1. The predicted molar refractivity (Wildman–Crippen MR) is 68.5 cm³/mol. The Kier molecular flexibility index (Phi) is 5.41. The van der Waals surface area contributed by atoms with E-state index in [4.69, 9.17) is 9.84 Å². The summed E-state index contributed by atoms with van der Waals surface area (Å²) in [5.41, 5.74) is -0.0821. The summed E-state index contributed by atoms with van der Waals surface area (Å²) in [6.07, 6.45) is 0.947. The largest absolute Gasteiger partial charge is 0.465 e. The molecule has 5 nitrogen and oxygen atoms in total. The van der Waals surface area contributed by atoms with Crippen molar-refractivity contribution in [1.82, 2.24) is 5.32 Å². The molecule has 1 heterocycles. The van der Waals surface area contributed by atoms with Gasteiger partial charge in [-0.15, -0.1) is 0 Å². The first-order chi connectivity index (χ1) is 8.36. The number of aliphatic hydroxyl groups is 1. The molecule has 18 heavy (non-hydrogen) atoms. The molecule has 1 amide bonds. The third-order valence-electron chi connectivity index (χ3n) is 3.64. The zero-order valence-corrected chi connectivity index (χ0v) is 11.5. The van der Waals surface area contributed by atoms with E-state index < -0.39 is 12.1 Å². The topological polar surface area (TPSA) is 78.8 Å². The van der Waals surface area contributed by atoms with Crippen molar-refractivity contribution in [3.63, 3.8) is 0 Å². The Bertz CT molecular complexity index is 269. The van der Waals surface area contributed by atoms with Crippen LogP contribution in [0.5, 0.6) is 0 Å². The number of ether oxygens (including phenoxy) is 1. The maximum atomic E-state index is 10.8. The lowest BCUT2D eigenvalue weighted by molar-refractivity contribution is -0.0186. The molecule has 0 aromatic rings. The molecule has 1 rings (SSSR count). The Balaban J connectivity index is 2.84. The fourth-order valence-electron chi connectivity index (χ4n) is 3.10. The predicted octanol–water partition coefficient (Wildman–Crippen LogP) is 1.70. The lowest BCUT2D eigenvalue weighted by Crippen LogP contribution is -2.51. The lowest BCUT2D eigenvalue weighted by Gasteiger charge is -2.43. The van der Waals surface area contributed by atoms with Crippen molar-refractivity contribution in [2.75, 3.05) is 19.8 Å². The van der Waals surface area contributed by atoms with Crippen LogP contribution in [0.4, 0.5) is 4.79 Å². The van der Waals surface area contributed by atoms with Crippen LogP contribution in [0.1, 0.15) is 33.6 Å². The molecule has 3 N–H and O–H groups in total. The molecule has 106 valence electrons. The van der Waals surface area contributed by atoms with Gasteiger partial charge in [0.25, 0.3) is 0 Å². The van der Waals surface area contributed by atoms with Gasteiger partial charge in [-0.3, -0.25) is 0 Å². The number of hydrogen-bond donors (Lipinski definition) is 3. The van der Waals surface area contributed by atoms with E-state index in [2.05, 4.69) is 26.1 Å². The molecular weight excluding hydrogens is 234 g/mol. The summed E-state index contributed by atoms with van der Waals surface area (Å²) in [6, 6.07) is -0.436. The van der Waals surface area contributed by atoms with E-state index in [9.17, 15) is 9.90 Å². The molecule has 3 atom stereocenters. The number of nitrogens with one attached hydrogen (secondary N) is 1. The van der Waals surface area contributed by atoms with Crippen LogP contribution in [-0.2, 0) is 4.74 Å². The van der Waals surface area contributed by atoms with Crippen LogP contribution in [0.3, 0.4) is 0 Å². The molecule has 0 aromatic heterocycles. The second kappa shape index (κ2) is 6.38. The van der Waals surface area contributed by atoms with Crippen molar-refractivity contribution < 1.29 is 19.7 Å². The van der Waals surface area contributed by atoms with Crippen LogP contribution in [0, 0.1) is 17.3 Å². The van der Waals surface area contributed by atoms with E-state index in [1.54, 1.807) is 0 Å². The molecule has 0 aromatic carbocycles. The van der Waals surface area contributed by atoms with Gasteiger partial charge in [0.2, 0.25) is 0 Å². The summed E-state index contributed by atoms with van der Waals surface area (Å²) < 4.78 is 5.50. The molecule has 0 bridgehead atoms. The average Bonchev–Trinajstić information content (AvgIpc) is 2.27. The van der Waals surface area contributed by atoms with Crippen LogP contribution in [0.25, 0.3) is 0 Å². The normalized spacial score (nSPS) is 24.3. The lowest BCUT2D eigenvalue weighted by atomic mass is 9.68. The smallest absolute Gasteiger partial charge is 0.404 e. The van der Waals surface area contributed by atoms with E-state index in [0.717, 1.165) is 19.4 Å². The first-order valence-corrected chi connectivity index (χ1v) is 6.54. The quantitative estimate of drug-likeness (QED) is 0.718. The van der Waals surface area contributed by atoms with Crippen molar-refractivity contribution in [3.8, 4) is 0 Å². The highest BCUT2D eigenvalue weighted by molar-refractivity contribution is 5.64. The standard InChI is InChI=1S/C13H25NO4/c1-13(2,3)11(9-5-4-6-18-8-9)10(7-15)14-12(16)17/h9-11,14-15H,4-8H2,1-3H3,(H,16,17)/t9-,10?,11+/m0/s1. The summed E-state index contributed by atoms with van der Waals surface area (Å²) >= 11 is 0. The first-order valence-electron chi connectivity index (χ1n) is 6.54. The molecule has 1 aliphatic heterocycles. The molecule has 0 saturated carbocycles. The van der Waals surface area contributed by atoms with Crippen molar-refractivity contribution in [1.29, 1.82) is 0 Å². The molecule has 1 saturated heterocycles. The Morgan fingerprint density at radius 3 is 2.56 bits per heavy atom. The van der Waals surface area contributed by atoms with Crippen LogP contribution in [0.15, 0.2) is 0 Å². The highest BCUT2D eigenvalue weighted by Crippen LogP contribution is 2.38. The minimum Gasteiger partial charge on any atom is -0.465 e. The highest BCUT2D eigenvalue weighted by Gasteiger charge is 2.39.